The van der Waals surface area contributed by atoms with E-state index in [0.717, 1.165) is 29.5 Å². The van der Waals surface area contributed by atoms with Crippen LogP contribution in [0.1, 0.15) is 31.4 Å². The van der Waals surface area contributed by atoms with Crippen molar-refractivity contribution in [3.8, 4) is 17.0 Å². The summed E-state index contributed by atoms with van der Waals surface area (Å²) in [7, 11) is 0. The van der Waals surface area contributed by atoms with Crippen LogP contribution in [-0.4, -0.2) is 56.3 Å². The minimum absolute atomic E-state index is 0.0252. The summed E-state index contributed by atoms with van der Waals surface area (Å²) in [4.78, 5) is 6.70. The Morgan fingerprint density at radius 3 is 2.83 bits per heavy atom. The van der Waals surface area contributed by atoms with E-state index in [-0.39, 0.29) is 30.7 Å². The molecule has 1 aliphatic heterocycles. The predicted molar refractivity (Wildman–Crippen MR) is 113 cm³/mol. The minimum atomic E-state index is -2.50. The van der Waals surface area contributed by atoms with Crippen LogP contribution in [0.4, 0.5) is 14.7 Å². The van der Waals surface area contributed by atoms with Gasteiger partial charge < -0.3 is 10.4 Å². The zero-order valence-corrected chi connectivity index (χ0v) is 17.4. The van der Waals surface area contributed by atoms with Crippen LogP contribution in [0.5, 0.6) is 5.75 Å². The highest BCUT2D eigenvalue weighted by Crippen LogP contribution is 2.41. The average Bonchev–Trinajstić information content (AvgIpc) is 3.17. The molecule has 2 aromatic heterocycles. The van der Waals surface area contributed by atoms with E-state index in [1.165, 1.54) is 0 Å². The van der Waals surface area contributed by atoms with Gasteiger partial charge in [0.15, 0.2) is 0 Å². The zero-order chi connectivity index (χ0) is 20.9. The Balaban J connectivity index is 1.30. The summed E-state index contributed by atoms with van der Waals surface area (Å²) >= 11 is 1.57. The van der Waals surface area contributed by atoms with E-state index in [1.54, 1.807) is 11.3 Å². The van der Waals surface area contributed by atoms with Gasteiger partial charge in [0.05, 0.1) is 5.69 Å². The first kappa shape index (κ1) is 19.6. The summed E-state index contributed by atoms with van der Waals surface area (Å²) in [6.45, 7) is 3.41. The molecule has 1 aliphatic carbocycles. The second-order valence-electron chi connectivity index (χ2n) is 8.26. The van der Waals surface area contributed by atoms with Crippen molar-refractivity contribution in [2.24, 2.45) is 0 Å². The highest BCUT2D eigenvalue weighted by Gasteiger charge is 2.48. The first-order valence-corrected chi connectivity index (χ1v) is 11.1. The molecule has 0 unspecified atom stereocenters. The topological polar surface area (TPSA) is 74.2 Å². The minimum Gasteiger partial charge on any atom is -0.507 e. The fourth-order valence-corrected chi connectivity index (χ4v) is 5.25. The predicted octanol–water partition coefficient (Wildman–Crippen LogP) is 4.44. The van der Waals surface area contributed by atoms with Crippen LogP contribution in [0.15, 0.2) is 23.6 Å². The standard InChI is InChI=1S/C21H23F2N5OS/c1-12-18(16-4-5-17-15(19(16)29)6-8-30-17)26-27-20(24-12)25-13-3-2-7-28(11-13)14-9-21(22,23)10-14/h4-6,8,13-14,29H,2-3,7,9-11H2,1H3,(H,24,25,27)/t13-/m1/s1. The first-order chi connectivity index (χ1) is 14.4. The molecular formula is C21H23F2N5OS. The number of phenols is 1. The smallest absolute Gasteiger partial charge is 0.251 e. The van der Waals surface area contributed by atoms with Crippen molar-refractivity contribution in [1.29, 1.82) is 0 Å². The normalized spacial score (nSPS) is 22.2. The molecule has 3 aromatic rings. The number of nitrogens with zero attached hydrogens (tertiary/aromatic N) is 4. The summed E-state index contributed by atoms with van der Waals surface area (Å²) in [5, 5.41) is 25.2. The van der Waals surface area contributed by atoms with Gasteiger partial charge >= 0.3 is 0 Å². The molecule has 2 aliphatic rings. The van der Waals surface area contributed by atoms with Crippen LogP contribution in [0, 0.1) is 6.92 Å². The third-order valence-electron chi connectivity index (χ3n) is 6.09. The van der Waals surface area contributed by atoms with Crippen molar-refractivity contribution in [2.75, 3.05) is 18.4 Å². The van der Waals surface area contributed by atoms with Crippen molar-refractivity contribution in [3.63, 3.8) is 0 Å². The third-order valence-corrected chi connectivity index (χ3v) is 6.98. The van der Waals surface area contributed by atoms with Gasteiger partial charge in [-0.05, 0) is 49.9 Å². The Kier molecular flexibility index (Phi) is 4.82. The number of aryl methyl sites for hydroxylation is 1. The SMILES string of the molecule is Cc1nc(N[C@@H]2CCCN(C3CC(F)(F)C3)C2)nnc1-c1ccc2sccc2c1O. The fraction of sp³-hybridized carbons (Fsp3) is 0.476. The number of thiophene rings is 1. The van der Waals surface area contributed by atoms with Gasteiger partial charge in [-0.3, -0.25) is 4.90 Å². The van der Waals surface area contributed by atoms with E-state index in [9.17, 15) is 13.9 Å². The maximum atomic E-state index is 13.2. The first-order valence-electron chi connectivity index (χ1n) is 10.2. The van der Waals surface area contributed by atoms with E-state index >= 15 is 0 Å². The van der Waals surface area contributed by atoms with Crippen LogP contribution in [0.3, 0.4) is 0 Å². The Hall–Kier alpha value is -2.39. The van der Waals surface area contributed by atoms with E-state index < -0.39 is 5.92 Å². The molecule has 3 heterocycles. The lowest BCUT2D eigenvalue weighted by Crippen LogP contribution is -2.55. The molecule has 2 fully saturated rings. The molecule has 1 atom stereocenters. The number of alkyl halides is 2. The number of anilines is 1. The van der Waals surface area contributed by atoms with E-state index in [2.05, 4.69) is 25.4 Å². The maximum absolute atomic E-state index is 13.2. The Labute approximate surface area is 177 Å². The summed E-state index contributed by atoms with van der Waals surface area (Å²) in [5.41, 5.74) is 1.83. The van der Waals surface area contributed by atoms with Crippen LogP contribution >= 0.6 is 11.3 Å². The van der Waals surface area contributed by atoms with Gasteiger partial charge in [0.2, 0.25) is 5.95 Å². The number of aromatic hydroxyl groups is 1. The summed E-state index contributed by atoms with van der Waals surface area (Å²) in [5.74, 6) is -1.88. The Morgan fingerprint density at radius 1 is 1.23 bits per heavy atom. The lowest BCUT2D eigenvalue weighted by molar-refractivity contribution is -0.127. The summed E-state index contributed by atoms with van der Waals surface area (Å²) < 4.78 is 27.4. The van der Waals surface area contributed by atoms with Gasteiger partial charge in [0, 0.05) is 47.1 Å². The number of benzene rings is 1. The number of fused-ring (bicyclic) bond motifs is 1. The zero-order valence-electron chi connectivity index (χ0n) is 16.6. The van der Waals surface area contributed by atoms with E-state index in [4.69, 9.17) is 0 Å². The van der Waals surface area contributed by atoms with Gasteiger partial charge in [-0.15, -0.1) is 21.5 Å². The molecule has 158 valence electrons. The molecule has 0 radical (unpaired) electrons. The maximum Gasteiger partial charge on any atom is 0.251 e. The van der Waals surface area contributed by atoms with Crippen LogP contribution in [-0.2, 0) is 0 Å². The molecule has 6 nitrogen and oxygen atoms in total. The largest absolute Gasteiger partial charge is 0.507 e. The number of phenolic OH excluding ortho intramolecular Hbond substituents is 1. The third kappa shape index (κ3) is 3.60. The second-order valence-corrected chi connectivity index (χ2v) is 9.21. The molecule has 0 amide bonds. The molecule has 0 bridgehead atoms. The van der Waals surface area contributed by atoms with E-state index in [1.807, 2.05) is 30.5 Å². The molecule has 5 rings (SSSR count). The number of nitrogens with one attached hydrogen (secondary N) is 1. The number of aromatic nitrogens is 3. The van der Waals surface area contributed by atoms with Crippen molar-refractivity contribution in [3.05, 3.63) is 29.3 Å². The fourth-order valence-electron chi connectivity index (χ4n) is 4.46. The number of hydrogen-bond acceptors (Lipinski definition) is 7. The van der Waals surface area contributed by atoms with Crippen LogP contribution in [0.25, 0.3) is 21.3 Å². The second kappa shape index (κ2) is 7.39. The molecule has 1 aromatic carbocycles. The van der Waals surface area contributed by atoms with E-state index in [0.29, 0.717) is 29.4 Å². The van der Waals surface area contributed by atoms with Crippen molar-refractivity contribution in [2.45, 2.75) is 50.6 Å². The number of hydrogen-bond donors (Lipinski definition) is 2. The Morgan fingerprint density at radius 2 is 2.07 bits per heavy atom. The van der Waals surface area contributed by atoms with Crippen molar-refractivity contribution < 1.29 is 13.9 Å². The van der Waals surface area contributed by atoms with Gasteiger partial charge in [-0.1, -0.05) is 0 Å². The lowest BCUT2D eigenvalue weighted by atomic mass is 9.85. The molecular weight excluding hydrogens is 408 g/mol. The lowest BCUT2D eigenvalue weighted by Gasteiger charge is -2.45. The van der Waals surface area contributed by atoms with Gasteiger partial charge in [-0.2, -0.15) is 0 Å². The van der Waals surface area contributed by atoms with Crippen molar-refractivity contribution in [1.82, 2.24) is 20.1 Å². The van der Waals surface area contributed by atoms with Gasteiger partial charge in [0.25, 0.3) is 5.92 Å². The number of halogens is 2. The molecule has 1 saturated heterocycles. The van der Waals surface area contributed by atoms with Crippen molar-refractivity contribution >= 4 is 27.4 Å². The molecule has 30 heavy (non-hydrogen) atoms. The van der Waals surface area contributed by atoms with Crippen LogP contribution < -0.4 is 5.32 Å². The monoisotopic (exact) mass is 431 g/mol. The molecule has 0 spiro atoms. The average molecular weight is 432 g/mol. The quantitative estimate of drug-likeness (QED) is 0.636. The van der Waals surface area contributed by atoms with Gasteiger partial charge in [0.1, 0.15) is 11.4 Å². The van der Waals surface area contributed by atoms with Gasteiger partial charge in [-0.25, -0.2) is 13.8 Å². The van der Waals surface area contributed by atoms with Crippen LogP contribution in [0.2, 0.25) is 0 Å². The summed E-state index contributed by atoms with van der Waals surface area (Å²) in [6, 6.07) is 5.77. The Bertz CT molecular complexity index is 1080. The molecule has 1 saturated carbocycles. The molecule has 9 heteroatoms. The number of piperidine rings is 1. The number of likely N-dealkylation sites (tertiary alicyclic amines) is 1. The summed E-state index contributed by atoms with van der Waals surface area (Å²) in [6.07, 6.45) is 1.82. The molecule has 2 N–H and O–H groups in total. The highest BCUT2D eigenvalue weighted by molar-refractivity contribution is 7.17. The number of rotatable bonds is 4. The highest BCUT2D eigenvalue weighted by atomic mass is 32.1.